The Morgan fingerprint density at radius 1 is 1.39 bits per heavy atom. The van der Waals surface area contributed by atoms with Gasteiger partial charge in [0.1, 0.15) is 0 Å². The summed E-state index contributed by atoms with van der Waals surface area (Å²) < 4.78 is 5.13. The van der Waals surface area contributed by atoms with E-state index in [0.717, 1.165) is 24.1 Å². The Kier molecular flexibility index (Phi) is 5.17. The van der Waals surface area contributed by atoms with Crippen molar-refractivity contribution >= 4 is 0 Å². The zero-order valence-electron chi connectivity index (χ0n) is 11.1. The maximum Gasteiger partial charge on any atom is 0.0943 e. The molecule has 2 atom stereocenters. The van der Waals surface area contributed by atoms with Crippen molar-refractivity contribution in [3.63, 3.8) is 0 Å². The number of methoxy groups -OCH3 is 1. The van der Waals surface area contributed by atoms with Gasteiger partial charge in [-0.1, -0.05) is 37.1 Å². The number of aliphatic hydroxyl groups is 1. The van der Waals surface area contributed by atoms with E-state index in [4.69, 9.17) is 4.74 Å². The van der Waals surface area contributed by atoms with E-state index < -0.39 is 6.10 Å². The molecule has 1 aliphatic heterocycles. The molecule has 3 heteroatoms. The lowest BCUT2D eigenvalue weighted by Crippen LogP contribution is -2.34. The lowest BCUT2D eigenvalue weighted by atomic mass is 9.97. The molecular formula is C15H23NO2. The predicted octanol–water partition coefficient (Wildman–Crippen LogP) is 2.40. The minimum Gasteiger partial charge on any atom is -0.387 e. The molecule has 1 heterocycles. The van der Waals surface area contributed by atoms with Crippen LogP contribution in [0.5, 0.6) is 0 Å². The molecule has 18 heavy (non-hydrogen) atoms. The van der Waals surface area contributed by atoms with Gasteiger partial charge in [0.05, 0.1) is 12.7 Å². The van der Waals surface area contributed by atoms with E-state index in [-0.39, 0.29) is 6.04 Å². The third-order valence-electron chi connectivity index (χ3n) is 3.58. The lowest BCUT2D eigenvalue weighted by Gasteiger charge is -2.23. The van der Waals surface area contributed by atoms with E-state index in [0.29, 0.717) is 6.61 Å². The van der Waals surface area contributed by atoms with E-state index in [9.17, 15) is 5.11 Å². The van der Waals surface area contributed by atoms with Crippen molar-refractivity contribution in [2.75, 3.05) is 13.7 Å². The van der Waals surface area contributed by atoms with Crippen molar-refractivity contribution in [3.05, 3.63) is 35.4 Å². The quantitative estimate of drug-likeness (QED) is 0.861. The highest BCUT2D eigenvalue weighted by molar-refractivity contribution is 5.25. The van der Waals surface area contributed by atoms with Crippen LogP contribution in [0.15, 0.2) is 24.3 Å². The first-order valence-electron chi connectivity index (χ1n) is 6.80. The number of hydrogen-bond donors (Lipinski definition) is 2. The molecule has 0 bridgehead atoms. The van der Waals surface area contributed by atoms with Crippen molar-refractivity contribution in [3.8, 4) is 0 Å². The Balaban J connectivity index is 2.06. The second kappa shape index (κ2) is 6.88. The fourth-order valence-corrected chi connectivity index (χ4v) is 2.59. The summed E-state index contributed by atoms with van der Waals surface area (Å²) in [7, 11) is 1.69. The van der Waals surface area contributed by atoms with Crippen LogP contribution in [0.4, 0.5) is 0 Å². The third-order valence-corrected chi connectivity index (χ3v) is 3.58. The van der Waals surface area contributed by atoms with Crippen molar-refractivity contribution in [1.82, 2.24) is 5.32 Å². The van der Waals surface area contributed by atoms with Crippen LogP contribution in [0.3, 0.4) is 0 Å². The molecule has 3 nitrogen and oxygen atoms in total. The fraction of sp³-hybridized carbons (Fsp3) is 0.600. The van der Waals surface area contributed by atoms with Gasteiger partial charge < -0.3 is 15.2 Å². The van der Waals surface area contributed by atoms with Crippen LogP contribution in [0.25, 0.3) is 0 Å². The summed E-state index contributed by atoms with van der Waals surface area (Å²) in [5, 5.41) is 13.9. The number of hydrogen-bond acceptors (Lipinski definition) is 3. The predicted molar refractivity (Wildman–Crippen MR) is 72.4 cm³/mol. The molecule has 1 aromatic carbocycles. The summed E-state index contributed by atoms with van der Waals surface area (Å²) in [5.41, 5.74) is 2.10. The molecule has 2 unspecified atom stereocenters. The van der Waals surface area contributed by atoms with Gasteiger partial charge in [0.15, 0.2) is 0 Å². The summed E-state index contributed by atoms with van der Waals surface area (Å²) >= 11 is 0. The van der Waals surface area contributed by atoms with Crippen molar-refractivity contribution in [2.45, 2.75) is 44.4 Å². The topological polar surface area (TPSA) is 41.5 Å². The minimum atomic E-state index is -0.417. The largest absolute Gasteiger partial charge is 0.387 e. The van der Waals surface area contributed by atoms with Gasteiger partial charge in [0.25, 0.3) is 0 Å². The SMILES string of the molecule is COCc1cccc(C(O)C2CCCCCN2)c1. The summed E-state index contributed by atoms with van der Waals surface area (Å²) in [6.07, 6.45) is 4.31. The van der Waals surface area contributed by atoms with Crippen molar-refractivity contribution in [1.29, 1.82) is 0 Å². The van der Waals surface area contributed by atoms with Crippen LogP contribution in [0, 0.1) is 0 Å². The van der Waals surface area contributed by atoms with E-state index >= 15 is 0 Å². The smallest absolute Gasteiger partial charge is 0.0943 e. The number of ether oxygens (including phenoxy) is 1. The van der Waals surface area contributed by atoms with Crippen LogP contribution in [-0.4, -0.2) is 24.8 Å². The average molecular weight is 249 g/mol. The lowest BCUT2D eigenvalue weighted by molar-refractivity contribution is 0.126. The molecule has 1 saturated heterocycles. The highest BCUT2D eigenvalue weighted by Crippen LogP contribution is 2.23. The second-order valence-corrected chi connectivity index (χ2v) is 5.03. The number of nitrogens with one attached hydrogen (secondary N) is 1. The number of aliphatic hydroxyl groups excluding tert-OH is 1. The Morgan fingerprint density at radius 2 is 2.28 bits per heavy atom. The molecule has 2 N–H and O–H groups in total. The summed E-state index contributed by atoms with van der Waals surface area (Å²) in [5.74, 6) is 0. The monoisotopic (exact) mass is 249 g/mol. The van der Waals surface area contributed by atoms with Crippen LogP contribution in [0.1, 0.15) is 42.9 Å². The zero-order chi connectivity index (χ0) is 12.8. The van der Waals surface area contributed by atoms with Crippen LogP contribution in [-0.2, 0) is 11.3 Å². The van der Waals surface area contributed by atoms with Gasteiger partial charge in [-0.3, -0.25) is 0 Å². The average Bonchev–Trinajstić information content (AvgIpc) is 2.67. The molecule has 2 rings (SSSR count). The maximum absolute atomic E-state index is 10.5. The molecule has 0 amide bonds. The standard InChI is InChI=1S/C15H23NO2/c1-18-11-12-6-5-7-13(10-12)15(17)14-8-3-2-4-9-16-14/h5-7,10,14-17H,2-4,8-9,11H2,1H3. The zero-order valence-corrected chi connectivity index (χ0v) is 11.1. The van der Waals surface area contributed by atoms with Gasteiger partial charge in [-0.05, 0) is 30.5 Å². The molecular weight excluding hydrogens is 226 g/mol. The van der Waals surface area contributed by atoms with Crippen molar-refractivity contribution in [2.24, 2.45) is 0 Å². The van der Waals surface area contributed by atoms with Crippen molar-refractivity contribution < 1.29 is 9.84 Å². The van der Waals surface area contributed by atoms with E-state index in [2.05, 4.69) is 5.32 Å². The molecule has 0 radical (unpaired) electrons. The third kappa shape index (κ3) is 3.55. The Hall–Kier alpha value is -0.900. The molecule has 0 saturated carbocycles. The highest BCUT2D eigenvalue weighted by atomic mass is 16.5. The fourth-order valence-electron chi connectivity index (χ4n) is 2.59. The highest BCUT2D eigenvalue weighted by Gasteiger charge is 2.21. The van der Waals surface area contributed by atoms with Crippen LogP contribution in [0.2, 0.25) is 0 Å². The number of rotatable bonds is 4. The van der Waals surface area contributed by atoms with Gasteiger partial charge in [-0.25, -0.2) is 0 Å². The second-order valence-electron chi connectivity index (χ2n) is 5.03. The van der Waals surface area contributed by atoms with E-state index in [1.807, 2.05) is 24.3 Å². The van der Waals surface area contributed by atoms with Gasteiger partial charge in [-0.2, -0.15) is 0 Å². The Morgan fingerprint density at radius 3 is 3.11 bits per heavy atom. The first kappa shape index (κ1) is 13.5. The first-order chi connectivity index (χ1) is 8.81. The summed E-state index contributed by atoms with van der Waals surface area (Å²) in [6.45, 7) is 1.61. The van der Waals surface area contributed by atoms with E-state index in [1.165, 1.54) is 19.3 Å². The van der Waals surface area contributed by atoms with Gasteiger partial charge in [0.2, 0.25) is 0 Å². The minimum absolute atomic E-state index is 0.185. The van der Waals surface area contributed by atoms with Gasteiger partial charge in [0, 0.05) is 13.2 Å². The summed E-state index contributed by atoms with van der Waals surface area (Å²) in [6, 6.07) is 8.24. The number of benzene rings is 1. The normalized spacial score (nSPS) is 22.4. The van der Waals surface area contributed by atoms with Crippen LogP contribution >= 0.6 is 0 Å². The molecule has 1 aromatic rings. The molecule has 100 valence electrons. The molecule has 0 aromatic heterocycles. The Bertz CT molecular complexity index is 359. The Labute approximate surface area is 109 Å². The van der Waals surface area contributed by atoms with Gasteiger partial charge >= 0.3 is 0 Å². The van der Waals surface area contributed by atoms with Crippen LogP contribution < -0.4 is 5.32 Å². The maximum atomic E-state index is 10.5. The molecule has 1 fully saturated rings. The molecule has 0 aliphatic carbocycles. The van der Waals surface area contributed by atoms with Gasteiger partial charge in [-0.15, -0.1) is 0 Å². The van der Waals surface area contributed by atoms with E-state index in [1.54, 1.807) is 7.11 Å². The first-order valence-corrected chi connectivity index (χ1v) is 6.80. The summed E-state index contributed by atoms with van der Waals surface area (Å²) in [4.78, 5) is 0. The molecule has 0 spiro atoms. The molecule has 1 aliphatic rings.